The molecule has 0 radical (unpaired) electrons. The summed E-state index contributed by atoms with van der Waals surface area (Å²) in [5, 5.41) is 0.739. The van der Waals surface area contributed by atoms with Crippen LogP contribution < -0.4 is 5.56 Å². The third kappa shape index (κ3) is 1.33. The fourth-order valence-electron chi connectivity index (χ4n) is 1.48. The lowest BCUT2D eigenvalue weighted by Crippen LogP contribution is -2.12. The molecule has 2 rings (SSSR count). The quantitative estimate of drug-likeness (QED) is 0.758. The highest BCUT2D eigenvalue weighted by atomic mass is 32.1. The molecule has 0 atom stereocenters. The van der Waals surface area contributed by atoms with E-state index in [1.807, 2.05) is 24.5 Å². The number of aromatic amines is 1. The van der Waals surface area contributed by atoms with Crippen molar-refractivity contribution in [1.82, 2.24) is 9.55 Å². The minimum absolute atomic E-state index is 0.0842. The maximum Gasteiger partial charge on any atom is 0.260 e. The maximum atomic E-state index is 11.6. The number of fused-ring (bicyclic) bond motifs is 1. The first-order chi connectivity index (χ1) is 6.63. The largest absolute Gasteiger partial charge is 0.310 e. The van der Waals surface area contributed by atoms with E-state index < -0.39 is 0 Å². The molecule has 0 aromatic carbocycles. The van der Waals surface area contributed by atoms with Gasteiger partial charge < -0.3 is 4.57 Å². The molecule has 0 aliphatic carbocycles. The molecule has 0 aliphatic rings. The van der Waals surface area contributed by atoms with Gasteiger partial charge in [-0.1, -0.05) is 0 Å². The number of H-pyrrole nitrogens is 1. The number of aromatic nitrogens is 2. The van der Waals surface area contributed by atoms with E-state index in [9.17, 15) is 4.79 Å². The van der Waals surface area contributed by atoms with Gasteiger partial charge in [-0.25, -0.2) is 0 Å². The fourth-order valence-corrected chi connectivity index (χ4v) is 2.92. The predicted molar refractivity (Wildman–Crippen MR) is 61.7 cm³/mol. The smallest absolute Gasteiger partial charge is 0.260 e. The molecule has 2 heterocycles. The van der Waals surface area contributed by atoms with E-state index in [1.165, 1.54) is 0 Å². The van der Waals surface area contributed by atoms with Crippen LogP contribution in [-0.2, 0) is 6.54 Å². The van der Waals surface area contributed by atoms with Crippen molar-refractivity contribution < 1.29 is 0 Å². The van der Waals surface area contributed by atoms with Gasteiger partial charge in [0, 0.05) is 11.4 Å². The lowest BCUT2D eigenvalue weighted by molar-refractivity contribution is 0.755. The van der Waals surface area contributed by atoms with Gasteiger partial charge in [0.1, 0.15) is 4.83 Å². The van der Waals surface area contributed by atoms with Gasteiger partial charge >= 0.3 is 0 Å². The summed E-state index contributed by atoms with van der Waals surface area (Å²) < 4.78 is 2.45. The zero-order valence-corrected chi connectivity index (χ0v) is 9.59. The van der Waals surface area contributed by atoms with Gasteiger partial charge in [-0.2, -0.15) is 0 Å². The minimum atomic E-state index is -0.0842. The minimum Gasteiger partial charge on any atom is -0.310 e. The van der Waals surface area contributed by atoms with Crippen LogP contribution >= 0.6 is 23.6 Å². The topological polar surface area (TPSA) is 37.8 Å². The Hall–Kier alpha value is -0.940. The molecule has 0 bridgehead atoms. The molecule has 3 nitrogen and oxygen atoms in total. The number of aryl methyl sites for hydroxylation is 2. The van der Waals surface area contributed by atoms with Crippen LogP contribution in [0.3, 0.4) is 0 Å². The second kappa shape index (κ2) is 3.33. The van der Waals surface area contributed by atoms with Crippen LogP contribution in [0.15, 0.2) is 10.9 Å². The number of rotatable bonds is 1. The van der Waals surface area contributed by atoms with Crippen LogP contribution in [0.25, 0.3) is 10.2 Å². The van der Waals surface area contributed by atoms with Gasteiger partial charge in [0.05, 0.1) is 5.39 Å². The Morgan fingerprint density at radius 2 is 2.36 bits per heavy atom. The highest BCUT2D eigenvalue weighted by Gasteiger charge is 2.06. The van der Waals surface area contributed by atoms with Gasteiger partial charge in [0.2, 0.25) is 0 Å². The highest BCUT2D eigenvalue weighted by Crippen LogP contribution is 2.21. The summed E-state index contributed by atoms with van der Waals surface area (Å²) in [4.78, 5) is 16.3. The van der Waals surface area contributed by atoms with E-state index in [-0.39, 0.29) is 5.56 Å². The number of thiophene rings is 1. The molecule has 5 heteroatoms. The van der Waals surface area contributed by atoms with Crippen LogP contribution in [-0.4, -0.2) is 9.55 Å². The van der Waals surface area contributed by atoms with Gasteiger partial charge in [-0.3, -0.25) is 9.78 Å². The second-order valence-electron chi connectivity index (χ2n) is 3.08. The van der Waals surface area contributed by atoms with Crippen LogP contribution in [0, 0.1) is 11.7 Å². The van der Waals surface area contributed by atoms with Crippen molar-refractivity contribution in [3.8, 4) is 0 Å². The fraction of sp³-hybridized carbons (Fsp3) is 0.333. The number of nitrogens with one attached hydrogen (secondary N) is 1. The molecule has 1 N–H and O–H groups in total. The first kappa shape index (κ1) is 9.61. The second-order valence-corrected chi connectivity index (χ2v) is 4.70. The third-order valence-corrected chi connectivity index (χ3v) is 3.50. The average molecular weight is 226 g/mol. The Bertz CT molecular complexity index is 591. The molecule has 2 aromatic heterocycles. The predicted octanol–water partition coefficient (Wildman–Crippen LogP) is 2.45. The molecular formula is C9H10N2OS2. The summed E-state index contributed by atoms with van der Waals surface area (Å²) in [7, 11) is 0. The van der Waals surface area contributed by atoms with Crippen LogP contribution in [0.5, 0.6) is 0 Å². The maximum absolute atomic E-state index is 11.6. The summed E-state index contributed by atoms with van der Waals surface area (Å²) >= 11 is 6.70. The standard InChI is InChI=1S/C9H10N2OS2/c1-3-11-8-6(4-5(2)14-8)7(12)10-9(11)13/h4H,3H2,1-2H3,(H,10,12,13). The zero-order chi connectivity index (χ0) is 10.3. The molecule has 0 amide bonds. The number of hydrogen-bond acceptors (Lipinski definition) is 3. The Balaban J connectivity index is 3.05. The third-order valence-electron chi connectivity index (χ3n) is 2.11. The lowest BCUT2D eigenvalue weighted by Gasteiger charge is -2.03. The molecule has 0 aliphatic heterocycles. The molecule has 0 fully saturated rings. The summed E-state index contributed by atoms with van der Waals surface area (Å²) in [6, 6.07) is 1.90. The van der Waals surface area contributed by atoms with Gasteiger partial charge in [-0.15, -0.1) is 11.3 Å². The molecule has 0 spiro atoms. The molecule has 0 saturated carbocycles. The lowest BCUT2D eigenvalue weighted by atomic mass is 10.4. The van der Waals surface area contributed by atoms with Crippen molar-refractivity contribution in [3.63, 3.8) is 0 Å². The molecule has 14 heavy (non-hydrogen) atoms. The van der Waals surface area contributed by atoms with E-state index in [1.54, 1.807) is 11.3 Å². The van der Waals surface area contributed by atoms with E-state index in [0.717, 1.165) is 21.6 Å². The zero-order valence-electron chi connectivity index (χ0n) is 7.96. The van der Waals surface area contributed by atoms with E-state index in [0.29, 0.717) is 4.77 Å². The number of hydrogen-bond donors (Lipinski definition) is 1. The van der Waals surface area contributed by atoms with Crippen molar-refractivity contribution >= 4 is 33.8 Å². The van der Waals surface area contributed by atoms with Crippen molar-refractivity contribution in [1.29, 1.82) is 0 Å². The molecule has 74 valence electrons. The van der Waals surface area contributed by atoms with Crippen molar-refractivity contribution in [2.24, 2.45) is 0 Å². The van der Waals surface area contributed by atoms with E-state index >= 15 is 0 Å². The Kier molecular flexibility index (Phi) is 2.28. The summed E-state index contributed by atoms with van der Waals surface area (Å²) in [6.45, 7) is 4.79. The highest BCUT2D eigenvalue weighted by molar-refractivity contribution is 7.71. The normalized spacial score (nSPS) is 11.0. The average Bonchev–Trinajstić information content (AvgIpc) is 2.48. The van der Waals surface area contributed by atoms with Crippen LogP contribution in [0.2, 0.25) is 0 Å². The van der Waals surface area contributed by atoms with E-state index in [4.69, 9.17) is 12.2 Å². The van der Waals surface area contributed by atoms with Gasteiger partial charge in [0.25, 0.3) is 5.56 Å². The first-order valence-electron chi connectivity index (χ1n) is 4.36. The molecular weight excluding hydrogens is 216 g/mol. The molecule has 0 saturated heterocycles. The van der Waals surface area contributed by atoms with Crippen LogP contribution in [0.1, 0.15) is 11.8 Å². The van der Waals surface area contributed by atoms with E-state index in [2.05, 4.69) is 4.98 Å². The first-order valence-corrected chi connectivity index (χ1v) is 5.59. The van der Waals surface area contributed by atoms with Crippen molar-refractivity contribution in [2.45, 2.75) is 20.4 Å². The van der Waals surface area contributed by atoms with Crippen molar-refractivity contribution in [3.05, 3.63) is 26.1 Å². The van der Waals surface area contributed by atoms with Crippen LogP contribution in [0.4, 0.5) is 0 Å². The van der Waals surface area contributed by atoms with Gasteiger partial charge in [0.15, 0.2) is 4.77 Å². The Morgan fingerprint density at radius 1 is 1.64 bits per heavy atom. The molecule has 0 unspecified atom stereocenters. The molecule has 2 aromatic rings. The SMILES string of the molecule is CCn1c(=S)[nH]c(=O)c2cc(C)sc21. The van der Waals surface area contributed by atoms with Gasteiger partial charge in [-0.05, 0) is 32.1 Å². The summed E-state index contributed by atoms with van der Waals surface area (Å²) in [5.41, 5.74) is -0.0842. The summed E-state index contributed by atoms with van der Waals surface area (Å²) in [6.07, 6.45) is 0. The Morgan fingerprint density at radius 3 is 3.00 bits per heavy atom. The monoisotopic (exact) mass is 226 g/mol. The summed E-state index contributed by atoms with van der Waals surface area (Å²) in [5.74, 6) is 0. The Labute approximate surface area is 90.0 Å². The van der Waals surface area contributed by atoms with Crippen molar-refractivity contribution in [2.75, 3.05) is 0 Å². The number of nitrogens with zero attached hydrogens (tertiary/aromatic N) is 1.